The fourth-order valence-electron chi connectivity index (χ4n) is 4.27. The van der Waals surface area contributed by atoms with Crippen LogP contribution in [0.1, 0.15) is 59.8 Å². The van der Waals surface area contributed by atoms with Crippen LogP contribution < -0.4 is 0 Å². The first kappa shape index (κ1) is 25.5. The van der Waals surface area contributed by atoms with E-state index >= 15 is 0 Å². The highest BCUT2D eigenvalue weighted by Crippen LogP contribution is 2.30. The lowest BCUT2D eigenvalue weighted by atomic mass is 9.98. The van der Waals surface area contributed by atoms with Crippen LogP contribution in [0.5, 0.6) is 0 Å². The second-order valence-corrected chi connectivity index (χ2v) is 10.3. The Kier molecular flexibility index (Phi) is 7.19. The Hall–Kier alpha value is -3.62. The largest absolute Gasteiger partial charge is 0.491 e. The minimum absolute atomic E-state index is 0.188. The molecule has 2 aromatic heterocycles. The van der Waals surface area contributed by atoms with Crippen molar-refractivity contribution in [3.63, 3.8) is 0 Å². The van der Waals surface area contributed by atoms with E-state index in [-0.39, 0.29) is 12.1 Å². The summed E-state index contributed by atoms with van der Waals surface area (Å²) >= 11 is 0. The lowest BCUT2D eigenvalue weighted by Gasteiger charge is -2.29. The van der Waals surface area contributed by atoms with Crippen LogP contribution in [0, 0.1) is 0 Å². The fourth-order valence-corrected chi connectivity index (χ4v) is 4.27. The van der Waals surface area contributed by atoms with Gasteiger partial charge in [-0.15, -0.1) is 0 Å². The zero-order valence-corrected chi connectivity index (χ0v) is 22.1. The number of imidazole rings is 1. The van der Waals surface area contributed by atoms with Crippen molar-refractivity contribution in [2.75, 3.05) is 19.7 Å². The van der Waals surface area contributed by atoms with E-state index in [1.165, 1.54) is 0 Å². The first-order valence-electron chi connectivity index (χ1n) is 12.4. The zero-order valence-electron chi connectivity index (χ0n) is 22.1. The molecule has 0 aliphatic carbocycles. The van der Waals surface area contributed by atoms with Gasteiger partial charge in [-0.05, 0) is 65.2 Å². The molecule has 0 N–H and O–H groups in total. The molecule has 0 unspecified atom stereocenters. The minimum Gasteiger partial charge on any atom is -0.491 e. The molecule has 9 heteroatoms. The maximum atomic E-state index is 12.4. The highest BCUT2D eigenvalue weighted by molar-refractivity contribution is 5.69. The van der Waals surface area contributed by atoms with Gasteiger partial charge in [0.2, 0.25) is 0 Å². The summed E-state index contributed by atoms with van der Waals surface area (Å²) in [6, 6.07) is 0.188. The average molecular weight is 493 g/mol. The van der Waals surface area contributed by atoms with Gasteiger partial charge in [0.1, 0.15) is 35.8 Å². The molecule has 36 heavy (non-hydrogen) atoms. The van der Waals surface area contributed by atoms with E-state index in [0.717, 1.165) is 39.8 Å². The molecule has 2 aliphatic heterocycles. The van der Waals surface area contributed by atoms with E-state index in [1.807, 2.05) is 50.7 Å². The first-order valence-corrected chi connectivity index (χ1v) is 12.4. The smallest absolute Gasteiger partial charge is 0.410 e. The lowest BCUT2D eigenvalue weighted by molar-refractivity contribution is 0.0266. The molecule has 0 saturated carbocycles. The summed E-state index contributed by atoms with van der Waals surface area (Å²) in [4.78, 5) is 23.5. The highest BCUT2D eigenvalue weighted by Gasteiger charge is 2.25. The molecule has 0 atom stereocenters. The van der Waals surface area contributed by atoms with E-state index < -0.39 is 5.60 Å². The average Bonchev–Trinajstić information content (AvgIpc) is 3.44. The van der Waals surface area contributed by atoms with E-state index in [2.05, 4.69) is 41.2 Å². The van der Waals surface area contributed by atoms with Gasteiger partial charge < -0.3 is 18.9 Å². The number of carbonyl (C=O) groups is 1. The molecule has 192 valence electrons. The van der Waals surface area contributed by atoms with E-state index in [1.54, 1.807) is 11.2 Å². The van der Waals surface area contributed by atoms with Crippen LogP contribution in [-0.4, -0.2) is 60.6 Å². The van der Waals surface area contributed by atoms with Gasteiger partial charge in [-0.25, -0.2) is 19.4 Å². The molecule has 9 nitrogen and oxygen atoms in total. The molecule has 2 aliphatic rings. The Labute approximate surface area is 212 Å². The molecule has 4 rings (SSSR count). The molecule has 0 aromatic carbocycles. The van der Waals surface area contributed by atoms with Gasteiger partial charge in [0.15, 0.2) is 5.82 Å². The van der Waals surface area contributed by atoms with E-state index in [0.29, 0.717) is 32.7 Å². The van der Waals surface area contributed by atoms with E-state index in [9.17, 15) is 4.79 Å². The third-order valence-electron chi connectivity index (χ3n) is 6.10. The predicted octanol–water partition coefficient (Wildman–Crippen LogP) is 5.16. The molecule has 4 heterocycles. The van der Waals surface area contributed by atoms with Crippen molar-refractivity contribution in [3.8, 4) is 11.5 Å². The maximum Gasteiger partial charge on any atom is 0.410 e. The molecular weight excluding hydrogens is 456 g/mol. The standard InChI is InChI=1S/C27H36N6O3/c1-8-20(21-9-11-31(12-10-21)26(34)36-27(5,6)7)15-23-19(4)24-30-22(16-32(24)13-14-35-23)25-28-17-29-33(25)18(2)3/h8-9,15-18H,1,10-14H2,2-7H3/b20-15+. The van der Waals surface area contributed by atoms with E-state index in [4.69, 9.17) is 14.5 Å². The number of carbonyl (C=O) groups excluding carboxylic acids is 1. The Bertz CT molecular complexity index is 1240. The Morgan fingerprint density at radius 2 is 2.03 bits per heavy atom. The van der Waals surface area contributed by atoms with Gasteiger partial charge in [-0.3, -0.25) is 0 Å². The van der Waals surface area contributed by atoms with Gasteiger partial charge in [-0.2, -0.15) is 5.10 Å². The summed E-state index contributed by atoms with van der Waals surface area (Å²) < 4.78 is 15.6. The van der Waals surface area contributed by atoms with Crippen LogP contribution in [0.15, 0.2) is 54.2 Å². The minimum atomic E-state index is -0.510. The molecule has 0 saturated heterocycles. The zero-order chi connectivity index (χ0) is 26.0. The third-order valence-corrected chi connectivity index (χ3v) is 6.10. The summed E-state index contributed by atoms with van der Waals surface area (Å²) in [5, 5.41) is 4.35. The molecule has 2 aromatic rings. The van der Waals surface area contributed by atoms with Crippen molar-refractivity contribution in [2.45, 2.75) is 66.2 Å². The summed E-state index contributed by atoms with van der Waals surface area (Å²) in [5.41, 5.74) is 3.34. The number of aromatic nitrogens is 5. The van der Waals surface area contributed by atoms with Crippen molar-refractivity contribution in [2.24, 2.45) is 0 Å². The number of hydrogen-bond acceptors (Lipinski definition) is 6. The topological polar surface area (TPSA) is 87.3 Å². The van der Waals surface area contributed by atoms with Crippen molar-refractivity contribution in [3.05, 3.63) is 60.1 Å². The lowest BCUT2D eigenvalue weighted by Crippen LogP contribution is -2.39. The number of hydrogen-bond donors (Lipinski definition) is 0. The first-order chi connectivity index (χ1) is 17.1. The van der Waals surface area contributed by atoms with Crippen molar-refractivity contribution in [1.29, 1.82) is 0 Å². The maximum absolute atomic E-state index is 12.4. The predicted molar refractivity (Wildman–Crippen MR) is 139 cm³/mol. The second-order valence-electron chi connectivity index (χ2n) is 10.3. The summed E-state index contributed by atoms with van der Waals surface area (Å²) in [5.74, 6) is 2.37. The Balaban J connectivity index is 1.59. The quantitative estimate of drug-likeness (QED) is 0.536. The summed E-state index contributed by atoms with van der Waals surface area (Å²) in [7, 11) is 0. The van der Waals surface area contributed by atoms with Crippen LogP contribution in [-0.2, 0) is 16.0 Å². The molecular formula is C27H36N6O3. The number of allylic oxidation sites excluding steroid dienone is 4. The SMILES string of the molecule is C=C/C(=C\C1=C(C)c2nc(-c3ncnn3C(C)C)cn2CCO1)C1=CCN(C(=O)OC(C)(C)C)CC1. The molecule has 0 spiro atoms. The van der Waals surface area contributed by atoms with Crippen molar-refractivity contribution >= 4 is 11.7 Å². The van der Waals surface area contributed by atoms with Crippen molar-refractivity contribution < 1.29 is 14.3 Å². The normalized spacial score (nSPS) is 16.9. The Morgan fingerprint density at radius 3 is 2.67 bits per heavy atom. The monoisotopic (exact) mass is 492 g/mol. The van der Waals surface area contributed by atoms with Crippen LogP contribution in [0.3, 0.4) is 0 Å². The second kappa shape index (κ2) is 10.2. The highest BCUT2D eigenvalue weighted by atomic mass is 16.6. The van der Waals surface area contributed by atoms with Gasteiger partial charge in [0.25, 0.3) is 0 Å². The van der Waals surface area contributed by atoms with Gasteiger partial charge in [0, 0.05) is 30.9 Å². The van der Waals surface area contributed by atoms with Gasteiger partial charge in [-0.1, -0.05) is 18.7 Å². The van der Waals surface area contributed by atoms with Gasteiger partial charge in [0.05, 0.1) is 6.54 Å². The molecule has 0 fully saturated rings. The van der Waals surface area contributed by atoms with Crippen LogP contribution >= 0.6 is 0 Å². The number of nitrogens with zero attached hydrogens (tertiary/aromatic N) is 6. The molecule has 0 bridgehead atoms. The Morgan fingerprint density at radius 1 is 1.25 bits per heavy atom. The number of fused-ring (bicyclic) bond motifs is 1. The van der Waals surface area contributed by atoms with Crippen molar-refractivity contribution in [1.82, 2.24) is 29.2 Å². The third kappa shape index (κ3) is 5.45. The molecule has 1 amide bonds. The molecule has 0 radical (unpaired) electrons. The summed E-state index contributed by atoms with van der Waals surface area (Å²) in [6.07, 6.45) is 9.94. The summed E-state index contributed by atoms with van der Waals surface area (Å²) in [6.45, 7) is 18.1. The van der Waals surface area contributed by atoms with Crippen LogP contribution in [0.25, 0.3) is 17.1 Å². The van der Waals surface area contributed by atoms with Gasteiger partial charge >= 0.3 is 6.09 Å². The van der Waals surface area contributed by atoms with Crippen LogP contribution in [0.4, 0.5) is 4.79 Å². The van der Waals surface area contributed by atoms with Crippen LogP contribution in [0.2, 0.25) is 0 Å². The number of amides is 1. The number of ether oxygens (including phenoxy) is 2. The number of rotatable bonds is 5. The fraction of sp³-hybridized carbons (Fsp3) is 0.481.